The lowest BCUT2D eigenvalue weighted by atomic mass is 9.99. The Bertz CT molecular complexity index is 438. The minimum Gasteiger partial charge on any atom is -0.473 e. The molecule has 0 aromatic carbocycles. The fraction of sp³-hybridized carbons (Fsp3) is 0.727. The van der Waals surface area contributed by atoms with Crippen molar-refractivity contribution in [1.29, 1.82) is 0 Å². The van der Waals surface area contributed by atoms with Gasteiger partial charge in [-0.3, -0.25) is 10.1 Å². The van der Waals surface area contributed by atoms with E-state index >= 15 is 0 Å². The molecule has 0 radical (unpaired) electrons. The highest BCUT2D eigenvalue weighted by molar-refractivity contribution is 5.45. The van der Waals surface area contributed by atoms with Gasteiger partial charge in [0.2, 0.25) is 0 Å². The Morgan fingerprint density at radius 3 is 2.83 bits per heavy atom. The van der Waals surface area contributed by atoms with E-state index in [1.165, 1.54) is 4.68 Å². The number of hydrogen-bond donors (Lipinski definition) is 1. The quantitative estimate of drug-likeness (QED) is 0.640. The molecule has 2 rings (SSSR count). The van der Waals surface area contributed by atoms with Gasteiger partial charge in [-0.15, -0.1) is 0 Å². The number of aryl methyl sites for hydroxylation is 2. The fourth-order valence-electron chi connectivity index (χ4n) is 2.24. The van der Waals surface area contributed by atoms with Crippen LogP contribution in [0, 0.1) is 23.0 Å². The lowest BCUT2D eigenvalue weighted by Gasteiger charge is -2.22. The van der Waals surface area contributed by atoms with E-state index in [-0.39, 0.29) is 11.6 Å². The highest BCUT2D eigenvalue weighted by Gasteiger charge is 2.26. The number of nitrogens with zero attached hydrogens (tertiary/aromatic N) is 3. The van der Waals surface area contributed by atoms with Crippen molar-refractivity contribution in [3.8, 4) is 5.88 Å². The fourth-order valence-corrected chi connectivity index (χ4v) is 2.24. The molecule has 7 nitrogen and oxygen atoms in total. The van der Waals surface area contributed by atoms with Crippen molar-refractivity contribution < 1.29 is 9.66 Å². The van der Waals surface area contributed by atoms with Crippen molar-refractivity contribution in [2.24, 2.45) is 13.0 Å². The predicted molar refractivity (Wildman–Crippen MR) is 65.7 cm³/mol. The second kappa shape index (κ2) is 5.34. The largest absolute Gasteiger partial charge is 0.473 e. The number of piperidine rings is 1. The van der Waals surface area contributed by atoms with E-state index in [0.717, 1.165) is 25.9 Å². The summed E-state index contributed by atoms with van der Waals surface area (Å²) in [4.78, 5) is 10.5. The van der Waals surface area contributed by atoms with E-state index in [1.54, 1.807) is 14.0 Å². The second-order valence-electron chi connectivity index (χ2n) is 4.62. The summed E-state index contributed by atoms with van der Waals surface area (Å²) in [5.74, 6) is 0.720. The molecule has 0 aliphatic carbocycles. The first-order chi connectivity index (χ1) is 8.59. The first kappa shape index (κ1) is 12.8. The van der Waals surface area contributed by atoms with Gasteiger partial charge in [0.25, 0.3) is 5.88 Å². The Morgan fingerprint density at radius 1 is 1.56 bits per heavy atom. The maximum atomic E-state index is 11.0. The van der Waals surface area contributed by atoms with Crippen LogP contribution < -0.4 is 10.1 Å². The van der Waals surface area contributed by atoms with E-state index in [2.05, 4.69) is 10.4 Å². The molecular formula is C11H18N4O3. The Morgan fingerprint density at radius 2 is 2.22 bits per heavy atom. The predicted octanol–water partition coefficient (Wildman–Crippen LogP) is 1.02. The molecule has 7 heteroatoms. The van der Waals surface area contributed by atoms with E-state index in [9.17, 15) is 10.1 Å². The molecule has 1 N–H and O–H groups in total. The Kier molecular flexibility index (Phi) is 3.81. The molecule has 0 amide bonds. The molecule has 0 unspecified atom stereocenters. The highest BCUT2D eigenvalue weighted by Crippen LogP contribution is 2.30. The van der Waals surface area contributed by atoms with Crippen LogP contribution in [-0.4, -0.2) is 34.4 Å². The minimum absolute atomic E-state index is 0.0218. The first-order valence-electron chi connectivity index (χ1n) is 6.11. The van der Waals surface area contributed by atoms with E-state index in [4.69, 9.17) is 4.74 Å². The zero-order valence-electron chi connectivity index (χ0n) is 10.7. The summed E-state index contributed by atoms with van der Waals surface area (Å²) in [5, 5.41) is 18.3. The van der Waals surface area contributed by atoms with Crippen LogP contribution in [0.15, 0.2) is 0 Å². The molecule has 0 bridgehead atoms. The average molecular weight is 254 g/mol. The lowest BCUT2D eigenvalue weighted by Crippen LogP contribution is -2.30. The summed E-state index contributed by atoms with van der Waals surface area (Å²) in [6.07, 6.45) is 2.09. The van der Waals surface area contributed by atoms with Gasteiger partial charge in [-0.2, -0.15) is 5.10 Å². The zero-order chi connectivity index (χ0) is 13.1. The van der Waals surface area contributed by atoms with Gasteiger partial charge in [0.15, 0.2) is 0 Å². The standard InChI is InChI=1S/C11H18N4O3/c1-8-10(15(16)17)11(14(2)13-8)18-7-9-3-5-12-6-4-9/h9,12H,3-7H2,1-2H3. The average Bonchev–Trinajstić information content (AvgIpc) is 2.62. The van der Waals surface area contributed by atoms with Crippen molar-refractivity contribution in [2.75, 3.05) is 19.7 Å². The van der Waals surface area contributed by atoms with Crippen molar-refractivity contribution in [3.05, 3.63) is 15.8 Å². The van der Waals surface area contributed by atoms with E-state index in [0.29, 0.717) is 18.2 Å². The molecule has 1 aromatic heterocycles. The highest BCUT2D eigenvalue weighted by atomic mass is 16.6. The van der Waals surface area contributed by atoms with Crippen LogP contribution in [0.3, 0.4) is 0 Å². The molecule has 100 valence electrons. The Hall–Kier alpha value is -1.63. The maximum Gasteiger partial charge on any atom is 0.353 e. The summed E-state index contributed by atoms with van der Waals surface area (Å²) >= 11 is 0. The Labute approximate surface area is 105 Å². The van der Waals surface area contributed by atoms with Gasteiger partial charge >= 0.3 is 5.69 Å². The van der Waals surface area contributed by atoms with Crippen molar-refractivity contribution in [1.82, 2.24) is 15.1 Å². The summed E-state index contributed by atoms with van der Waals surface area (Å²) in [6.45, 7) is 4.11. The van der Waals surface area contributed by atoms with Crippen LogP contribution in [0.5, 0.6) is 5.88 Å². The van der Waals surface area contributed by atoms with Gasteiger partial charge in [0.05, 0.1) is 11.5 Å². The van der Waals surface area contributed by atoms with Crippen LogP contribution >= 0.6 is 0 Å². The third-order valence-corrected chi connectivity index (χ3v) is 3.24. The SMILES string of the molecule is Cc1nn(C)c(OCC2CCNCC2)c1[N+](=O)[O-]. The lowest BCUT2D eigenvalue weighted by molar-refractivity contribution is -0.386. The van der Waals surface area contributed by atoms with Crippen molar-refractivity contribution in [3.63, 3.8) is 0 Å². The monoisotopic (exact) mass is 254 g/mol. The number of hydrogen-bond acceptors (Lipinski definition) is 5. The molecule has 1 aliphatic heterocycles. The molecule has 2 heterocycles. The second-order valence-corrected chi connectivity index (χ2v) is 4.62. The van der Waals surface area contributed by atoms with Gasteiger partial charge in [0.1, 0.15) is 5.69 Å². The zero-order valence-corrected chi connectivity index (χ0v) is 10.7. The number of nitrogens with one attached hydrogen (secondary N) is 1. The summed E-state index contributed by atoms with van der Waals surface area (Å²) in [5.41, 5.74) is 0.370. The van der Waals surface area contributed by atoms with Crippen LogP contribution in [0.2, 0.25) is 0 Å². The molecule has 0 saturated carbocycles. The van der Waals surface area contributed by atoms with Gasteiger partial charge in [-0.1, -0.05) is 0 Å². The van der Waals surface area contributed by atoms with E-state index < -0.39 is 4.92 Å². The molecule has 0 spiro atoms. The molecule has 1 aliphatic rings. The third-order valence-electron chi connectivity index (χ3n) is 3.24. The summed E-state index contributed by atoms with van der Waals surface area (Å²) in [7, 11) is 1.66. The van der Waals surface area contributed by atoms with Crippen LogP contribution in [0.25, 0.3) is 0 Å². The number of rotatable bonds is 4. The smallest absolute Gasteiger partial charge is 0.353 e. The van der Waals surface area contributed by atoms with Gasteiger partial charge in [0, 0.05) is 7.05 Å². The molecule has 0 atom stereocenters. The summed E-state index contributed by atoms with van der Waals surface area (Å²) in [6, 6.07) is 0. The maximum absolute atomic E-state index is 11.0. The molecule has 1 saturated heterocycles. The van der Waals surface area contributed by atoms with Crippen LogP contribution in [0.1, 0.15) is 18.5 Å². The molecular weight excluding hydrogens is 236 g/mol. The third kappa shape index (κ3) is 2.61. The topological polar surface area (TPSA) is 82.2 Å². The van der Waals surface area contributed by atoms with Gasteiger partial charge in [-0.05, 0) is 38.8 Å². The first-order valence-corrected chi connectivity index (χ1v) is 6.11. The normalized spacial score (nSPS) is 16.8. The Balaban J connectivity index is 2.06. The van der Waals surface area contributed by atoms with Crippen molar-refractivity contribution in [2.45, 2.75) is 19.8 Å². The summed E-state index contributed by atoms with van der Waals surface area (Å²) < 4.78 is 7.06. The van der Waals surface area contributed by atoms with Gasteiger partial charge < -0.3 is 10.1 Å². The number of ether oxygens (including phenoxy) is 1. The molecule has 18 heavy (non-hydrogen) atoms. The molecule has 1 aromatic rings. The van der Waals surface area contributed by atoms with Gasteiger partial charge in [-0.25, -0.2) is 4.68 Å². The molecule has 1 fully saturated rings. The number of nitro groups is 1. The van der Waals surface area contributed by atoms with E-state index in [1.807, 2.05) is 0 Å². The van der Waals surface area contributed by atoms with Crippen LogP contribution in [0.4, 0.5) is 5.69 Å². The van der Waals surface area contributed by atoms with Crippen molar-refractivity contribution >= 4 is 5.69 Å². The number of aromatic nitrogens is 2. The van der Waals surface area contributed by atoms with Crippen LogP contribution in [-0.2, 0) is 7.05 Å². The minimum atomic E-state index is -0.430.